The Balaban J connectivity index is 1.39. The van der Waals surface area contributed by atoms with Crippen molar-refractivity contribution in [1.29, 1.82) is 5.26 Å². The smallest absolute Gasteiger partial charge is 0.338 e. The summed E-state index contributed by atoms with van der Waals surface area (Å²) >= 11 is 0. The Bertz CT molecular complexity index is 1930. The lowest BCUT2D eigenvalue weighted by atomic mass is 9.92. The van der Waals surface area contributed by atoms with Crippen molar-refractivity contribution in [3.05, 3.63) is 132 Å². The Kier molecular flexibility index (Phi) is 8.90. The SMILES string of the molecule is N#CC1(c2ccc3c(N)ncnn23)OC(COC(=O)c2ccccc2)C(OC(=O)Cc2ccccc2)C1OC(=O)Cc1ccccc1. The molecule has 0 amide bonds. The van der Waals surface area contributed by atoms with Crippen LogP contribution in [0.5, 0.6) is 0 Å². The largest absolute Gasteiger partial charge is 0.459 e. The van der Waals surface area contributed by atoms with Gasteiger partial charge in [0.1, 0.15) is 30.6 Å². The van der Waals surface area contributed by atoms with Gasteiger partial charge in [0.25, 0.3) is 0 Å². The first-order valence-electron chi connectivity index (χ1n) is 14.7. The Morgan fingerprint density at radius 2 is 1.45 bits per heavy atom. The molecule has 0 radical (unpaired) electrons. The highest BCUT2D eigenvalue weighted by Crippen LogP contribution is 2.44. The highest BCUT2D eigenvalue weighted by Gasteiger charge is 2.62. The Hall–Kier alpha value is -6.06. The molecule has 3 heterocycles. The quantitative estimate of drug-likeness (QED) is 0.177. The van der Waals surface area contributed by atoms with Gasteiger partial charge in [-0.25, -0.2) is 14.3 Å². The molecule has 4 atom stereocenters. The van der Waals surface area contributed by atoms with Crippen molar-refractivity contribution in [2.45, 2.75) is 36.8 Å². The van der Waals surface area contributed by atoms with Crippen LogP contribution in [0.25, 0.3) is 5.52 Å². The number of carbonyl (C=O) groups is 3. The molecule has 4 unspecified atom stereocenters. The zero-order valence-corrected chi connectivity index (χ0v) is 25.0. The van der Waals surface area contributed by atoms with E-state index in [1.807, 2.05) is 12.1 Å². The Morgan fingerprint density at radius 3 is 2.06 bits per heavy atom. The van der Waals surface area contributed by atoms with Gasteiger partial charge in [0.15, 0.2) is 18.0 Å². The minimum Gasteiger partial charge on any atom is -0.459 e. The van der Waals surface area contributed by atoms with Gasteiger partial charge in [-0.1, -0.05) is 78.9 Å². The second-order valence-electron chi connectivity index (χ2n) is 10.8. The molecule has 0 bridgehead atoms. The molecule has 3 aromatic carbocycles. The van der Waals surface area contributed by atoms with E-state index in [2.05, 4.69) is 16.2 Å². The number of nitrogens with two attached hydrogens (primary N) is 1. The third kappa shape index (κ3) is 6.51. The fourth-order valence-electron chi connectivity index (χ4n) is 5.52. The van der Waals surface area contributed by atoms with Crippen molar-refractivity contribution in [2.24, 2.45) is 0 Å². The van der Waals surface area contributed by atoms with E-state index in [0.717, 1.165) is 0 Å². The van der Waals surface area contributed by atoms with Crippen LogP contribution in [0.3, 0.4) is 0 Å². The van der Waals surface area contributed by atoms with Gasteiger partial charge in [-0.05, 0) is 35.4 Å². The molecule has 0 saturated carbocycles. The third-order valence-electron chi connectivity index (χ3n) is 7.73. The number of anilines is 1. The van der Waals surface area contributed by atoms with E-state index in [-0.39, 0.29) is 29.9 Å². The van der Waals surface area contributed by atoms with Crippen molar-refractivity contribution in [3.8, 4) is 6.07 Å². The minimum atomic E-state index is -2.08. The minimum absolute atomic E-state index is 0.115. The summed E-state index contributed by atoms with van der Waals surface area (Å²) in [4.78, 5) is 43.8. The first-order chi connectivity index (χ1) is 22.9. The van der Waals surface area contributed by atoms with Gasteiger partial charge in [-0.2, -0.15) is 10.4 Å². The first-order valence-corrected chi connectivity index (χ1v) is 14.7. The maximum Gasteiger partial charge on any atom is 0.338 e. The number of fused-ring (bicyclic) bond motifs is 1. The number of hydrogen-bond acceptors (Lipinski definition) is 11. The Morgan fingerprint density at radius 1 is 0.851 bits per heavy atom. The number of hydrogen-bond donors (Lipinski definition) is 1. The van der Waals surface area contributed by atoms with Gasteiger partial charge in [0, 0.05) is 0 Å². The van der Waals surface area contributed by atoms with Crippen LogP contribution in [0, 0.1) is 11.3 Å². The zero-order valence-electron chi connectivity index (χ0n) is 25.0. The second kappa shape index (κ2) is 13.5. The average Bonchev–Trinajstić information content (AvgIpc) is 3.65. The van der Waals surface area contributed by atoms with Gasteiger partial charge >= 0.3 is 17.9 Å². The second-order valence-corrected chi connectivity index (χ2v) is 10.8. The molecule has 236 valence electrons. The lowest BCUT2D eigenvalue weighted by molar-refractivity contribution is -0.168. The summed E-state index contributed by atoms with van der Waals surface area (Å²) in [5, 5.41) is 15.1. The van der Waals surface area contributed by atoms with Crippen molar-refractivity contribution in [1.82, 2.24) is 14.6 Å². The van der Waals surface area contributed by atoms with Crippen molar-refractivity contribution in [3.63, 3.8) is 0 Å². The molecular weight excluding hydrogens is 602 g/mol. The molecule has 1 fully saturated rings. The molecule has 12 heteroatoms. The molecule has 6 rings (SSSR count). The average molecular weight is 632 g/mol. The number of ether oxygens (including phenoxy) is 4. The number of nitrogens with zero attached hydrogens (tertiary/aromatic N) is 4. The summed E-state index contributed by atoms with van der Waals surface area (Å²) in [7, 11) is 0. The number of benzene rings is 3. The summed E-state index contributed by atoms with van der Waals surface area (Å²) in [6.45, 7) is -0.437. The van der Waals surface area contributed by atoms with Gasteiger partial charge in [0.05, 0.1) is 24.1 Å². The Labute approximate surface area is 269 Å². The van der Waals surface area contributed by atoms with Crippen LogP contribution < -0.4 is 5.73 Å². The summed E-state index contributed by atoms with van der Waals surface area (Å²) in [5.41, 5.74) is 6.13. The van der Waals surface area contributed by atoms with E-state index in [1.165, 1.54) is 10.8 Å². The van der Waals surface area contributed by atoms with Gasteiger partial charge in [0.2, 0.25) is 5.60 Å². The van der Waals surface area contributed by atoms with Crippen LogP contribution in [0.1, 0.15) is 27.2 Å². The molecular formula is C35H29N5O7. The molecule has 2 aromatic heterocycles. The maximum absolute atomic E-state index is 13.5. The molecule has 1 aliphatic rings. The monoisotopic (exact) mass is 631 g/mol. The molecule has 1 saturated heterocycles. The molecule has 1 aliphatic heterocycles. The van der Waals surface area contributed by atoms with Crippen molar-refractivity contribution < 1.29 is 33.3 Å². The summed E-state index contributed by atoms with van der Waals surface area (Å²) in [6, 6.07) is 31.4. The topological polar surface area (TPSA) is 168 Å². The third-order valence-corrected chi connectivity index (χ3v) is 7.73. The van der Waals surface area contributed by atoms with Gasteiger partial charge in [-0.15, -0.1) is 0 Å². The van der Waals surface area contributed by atoms with E-state index in [1.54, 1.807) is 91.0 Å². The van der Waals surface area contributed by atoms with Crippen molar-refractivity contribution >= 4 is 29.2 Å². The maximum atomic E-state index is 13.5. The lowest BCUT2D eigenvalue weighted by Crippen LogP contribution is -2.46. The zero-order chi connectivity index (χ0) is 32.8. The standard InChI is InChI=1S/C35H29N5O7/c36-21-35(28-17-16-26-33(37)38-22-39-40(26)28)32(46-30(42)19-24-12-6-2-7-13-24)31(45-29(41)18-23-10-4-1-5-11-23)27(47-35)20-44-34(43)25-14-8-3-9-15-25/h1-17,22,27,31-32H,18-20H2,(H2,37,38,39). The highest BCUT2D eigenvalue weighted by molar-refractivity contribution is 5.89. The van der Waals surface area contributed by atoms with Crippen LogP contribution in [-0.4, -0.2) is 57.4 Å². The van der Waals surface area contributed by atoms with Crippen LogP contribution in [-0.2, 0) is 47.0 Å². The molecule has 2 N–H and O–H groups in total. The van der Waals surface area contributed by atoms with E-state index < -0.39 is 48.4 Å². The summed E-state index contributed by atoms with van der Waals surface area (Å²) in [6.07, 6.45) is -3.17. The first kappa shape index (κ1) is 30.9. The number of nitriles is 1. The number of nitrogen functional groups attached to an aromatic ring is 1. The number of aromatic nitrogens is 3. The van der Waals surface area contributed by atoms with Crippen LogP contribution in [0.2, 0.25) is 0 Å². The number of carbonyl (C=O) groups excluding carboxylic acids is 3. The summed E-state index contributed by atoms with van der Waals surface area (Å²) < 4.78 is 25.3. The molecule has 5 aromatic rings. The van der Waals surface area contributed by atoms with E-state index >= 15 is 0 Å². The highest BCUT2D eigenvalue weighted by atomic mass is 16.7. The predicted molar refractivity (Wildman–Crippen MR) is 166 cm³/mol. The van der Waals surface area contributed by atoms with Gasteiger partial charge in [-0.3, -0.25) is 9.59 Å². The molecule has 0 aliphatic carbocycles. The number of rotatable bonds is 10. The molecule has 12 nitrogen and oxygen atoms in total. The van der Waals surface area contributed by atoms with Crippen LogP contribution in [0.15, 0.2) is 109 Å². The summed E-state index contributed by atoms with van der Waals surface area (Å²) in [5.74, 6) is -1.91. The fraction of sp³-hybridized carbons (Fsp3) is 0.200. The number of esters is 3. The molecule has 47 heavy (non-hydrogen) atoms. The van der Waals surface area contributed by atoms with Gasteiger partial charge < -0.3 is 24.7 Å². The van der Waals surface area contributed by atoms with Crippen LogP contribution >= 0.6 is 0 Å². The molecule has 0 spiro atoms. The van der Waals surface area contributed by atoms with E-state index in [4.69, 9.17) is 24.7 Å². The van der Waals surface area contributed by atoms with Crippen LogP contribution in [0.4, 0.5) is 5.82 Å². The van der Waals surface area contributed by atoms with E-state index in [9.17, 15) is 19.6 Å². The van der Waals surface area contributed by atoms with E-state index in [0.29, 0.717) is 16.6 Å². The van der Waals surface area contributed by atoms with Crippen molar-refractivity contribution in [2.75, 3.05) is 12.3 Å². The fourth-order valence-corrected chi connectivity index (χ4v) is 5.52. The predicted octanol–water partition coefficient (Wildman–Crippen LogP) is 3.60. The normalized spacial score (nSPS) is 20.3. The lowest BCUT2D eigenvalue weighted by Gasteiger charge is -2.28.